The number of aryl methyl sites for hydroxylation is 2. The zero-order chi connectivity index (χ0) is 17.6. The van der Waals surface area contributed by atoms with Crippen LogP contribution < -0.4 is 0 Å². The predicted octanol–water partition coefficient (Wildman–Crippen LogP) is 3.23. The van der Waals surface area contributed by atoms with E-state index in [0.717, 1.165) is 38.3 Å². The van der Waals surface area contributed by atoms with Crippen molar-refractivity contribution in [2.24, 2.45) is 0 Å². The molecule has 1 fully saturated rings. The first-order chi connectivity index (χ1) is 12.1. The van der Waals surface area contributed by atoms with Crippen LogP contribution in [0.4, 0.5) is 0 Å². The van der Waals surface area contributed by atoms with Gasteiger partial charge in [-0.05, 0) is 30.5 Å². The van der Waals surface area contributed by atoms with Crippen LogP contribution in [0.1, 0.15) is 22.3 Å². The average Bonchev–Trinajstić information content (AvgIpc) is 2.59. The second-order valence-corrected chi connectivity index (χ2v) is 7.18. The Labute approximate surface area is 151 Å². The standard InChI is InChI=1S/C22H28N2O/c1-18-6-5-8-20(14-18)16-23-10-12-24(13-11-23)17-22(25)15-21-9-4-3-7-19(21)2/h3-9,14H,10-13,15-17H2,1-2H3. The molecular weight excluding hydrogens is 308 g/mol. The third-order valence-electron chi connectivity index (χ3n) is 5.00. The van der Waals surface area contributed by atoms with Crippen molar-refractivity contribution in [1.29, 1.82) is 0 Å². The summed E-state index contributed by atoms with van der Waals surface area (Å²) in [5, 5.41) is 0. The van der Waals surface area contributed by atoms with E-state index in [0.29, 0.717) is 18.7 Å². The lowest BCUT2D eigenvalue weighted by atomic mass is 10.0. The monoisotopic (exact) mass is 336 g/mol. The summed E-state index contributed by atoms with van der Waals surface area (Å²) in [5.74, 6) is 0.321. The van der Waals surface area contributed by atoms with Crippen LogP contribution in [0.15, 0.2) is 48.5 Å². The van der Waals surface area contributed by atoms with Gasteiger partial charge in [0.25, 0.3) is 0 Å². The van der Waals surface area contributed by atoms with Crippen LogP contribution in [0.25, 0.3) is 0 Å². The fourth-order valence-corrected chi connectivity index (χ4v) is 3.50. The van der Waals surface area contributed by atoms with Gasteiger partial charge in [-0.2, -0.15) is 0 Å². The van der Waals surface area contributed by atoms with Gasteiger partial charge in [0, 0.05) is 39.1 Å². The van der Waals surface area contributed by atoms with Crippen molar-refractivity contribution in [2.75, 3.05) is 32.7 Å². The molecule has 0 aliphatic carbocycles. The lowest BCUT2D eigenvalue weighted by Gasteiger charge is -2.34. The van der Waals surface area contributed by atoms with E-state index in [9.17, 15) is 4.79 Å². The van der Waals surface area contributed by atoms with Crippen LogP contribution in [0.5, 0.6) is 0 Å². The number of nitrogens with zero attached hydrogens (tertiary/aromatic N) is 2. The normalized spacial score (nSPS) is 16.1. The maximum absolute atomic E-state index is 12.4. The maximum atomic E-state index is 12.4. The predicted molar refractivity (Wildman–Crippen MR) is 103 cm³/mol. The Balaban J connectivity index is 1.44. The van der Waals surface area contributed by atoms with E-state index in [1.807, 2.05) is 12.1 Å². The lowest BCUT2D eigenvalue weighted by Crippen LogP contribution is -2.47. The van der Waals surface area contributed by atoms with Crippen molar-refractivity contribution in [3.63, 3.8) is 0 Å². The highest BCUT2D eigenvalue weighted by atomic mass is 16.1. The number of carbonyl (C=O) groups is 1. The molecule has 25 heavy (non-hydrogen) atoms. The Bertz CT molecular complexity index is 717. The van der Waals surface area contributed by atoms with Gasteiger partial charge in [0.15, 0.2) is 5.78 Å². The van der Waals surface area contributed by atoms with Crippen molar-refractivity contribution in [1.82, 2.24) is 9.80 Å². The SMILES string of the molecule is Cc1cccc(CN2CCN(CC(=O)Cc3ccccc3C)CC2)c1. The second-order valence-electron chi connectivity index (χ2n) is 7.18. The molecule has 3 heteroatoms. The van der Waals surface area contributed by atoms with E-state index in [-0.39, 0.29) is 0 Å². The maximum Gasteiger partial charge on any atom is 0.151 e. The number of rotatable bonds is 6. The number of carbonyl (C=O) groups excluding carboxylic acids is 1. The van der Waals surface area contributed by atoms with Gasteiger partial charge in [-0.1, -0.05) is 54.1 Å². The summed E-state index contributed by atoms with van der Waals surface area (Å²) in [6.07, 6.45) is 0.552. The molecule has 0 N–H and O–H groups in total. The summed E-state index contributed by atoms with van der Waals surface area (Å²) >= 11 is 0. The molecule has 0 bridgehead atoms. The molecule has 0 saturated carbocycles. The van der Waals surface area contributed by atoms with E-state index in [2.05, 4.69) is 60.0 Å². The molecule has 1 heterocycles. The van der Waals surface area contributed by atoms with Crippen molar-refractivity contribution < 1.29 is 4.79 Å². The average molecular weight is 336 g/mol. The molecule has 1 aliphatic heterocycles. The quantitative estimate of drug-likeness (QED) is 0.809. The highest BCUT2D eigenvalue weighted by Gasteiger charge is 2.19. The van der Waals surface area contributed by atoms with E-state index in [1.54, 1.807) is 0 Å². The number of hydrogen-bond acceptors (Lipinski definition) is 3. The molecule has 3 rings (SSSR count). The summed E-state index contributed by atoms with van der Waals surface area (Å²) in [6.45, 7) is 9.82. The van der Waals surface area contributed by atoms with Gasteiger partial charge in [0.1, 0.15) is 0 Å². The molecule has 2 aromatic rings. The summed E-state index contributed by atoms with van der Waals surface area (Å²) in [5.41, 5.74) is 5.06. The van der Waals surface area contributed by atoms with Crippen molar-refractivity contribution in [3.8, 4) is 0 Å². The minimum Gasteiger partial charge on any atom is -0.298 e. The van der Waals surface area contributed by atoms with E-state index in [1.165, 1.54) is 16.7 Å². The Morgan fingerprint density at radius 3 is 2.36 bits per heavy atom. The van der Waals surface area contributed by atoms with E-state index >= 15 is 0 Å². The number of benzene rings is 2. The van der Waals surface area contributed by atoms with Crippen molar-refractivity contribution in [2.45, 2.75) is 26.8 Å². The molecule has 1 aliphatic rings. The number of ketones is 1. The van der Waals surface area contributed by atoms with Crippen LogP contribution in [0.3, 0.4) is 0 Å². The van der Waals surface area contributed by atoms with Gasteiger partial charge in [-0.15, -0.1) is 0 Å². The largest absolute Gasteiger partial charge is 0.298 e. The summed E-state index contributed by atoms with van der Waals surface area (Å²) < 4.78 is 0. The van der Waals surface area contributed by atoms with Gasteiger partial charge >= 0.3 is 0 Å². The van der Waals surface area contributed by atoms with Crippen LogP contribution in [0.2, 0.25) is 0 Å². The molecule has 0 unspecified atom stereocenters. The fraction of sp³-hybridized carbons (Fsp3) is 0.409. The summed E-state index contributed by atoms with van der Waals surface area (Å²) in [4.78, 5) is 17.2. The molecule has 2 aromatic carbocycles. The van der Waals surface area contributed by atoms with Crippen LogP contribution in [-0.4, -0.2) is 48.3 Å². The summed E-state index contributed by atoms with van der Waals surface area (Å²) in [6, 6.07) is 16.9. The van der Waals surface area contributed by atoms with Crippen molar-refractivity contribution in [3.05, 3.63) is 70.8 Å². The van der Waals surface area contributed by atoms with Crippen molar-refractivity contribution >= 4 is 5.78 Å². The molecular formula is C22H28N2O. The minimum absolute atomic E-state index is 0.321. The van der Waals surface area contributed by atoms with Gasteiger partial charge < -0.3 is 0 Å². The Kier molecular flexibility index (Phi) is 6.00. The molecule has 0 atom stereocenters. The van der Waals surface area contributed by atoms with E-state index in [4.69, 9.17) is 0 Å². The first kappa shape index (κ1) is 17.8. The van der Waals surface area contributed by atoms with Gasteiger partial charge in [-0.3, -0.25) is 14.6 Å². The molecule has 0 aromatic heterocycles. The highest BCUT2D eigenvalue weighted by Crippen LogP contribution is 2.12. The van der Waals surface area contributed by atoms with Gasteiger partial charge in [0.2, 0.25) is 0 Å². The molecule has 132 valence electrons. The van der Waals surface area contributed by atoms with E-state index < -0.39 is 0 Å². The topological polar surface area (TPSA) is 23.6 Å². The smallest absolute Gasteiger partial charge is 0.151 e. The molecule has 0 radical (unpaired) electrons. The Morgan fingerprint density at radius 2 is 1.64 bits per heavy atom. The molecule has 0 amide bonds. The minimum atomic E-state index is 0.321. The zero-order valence-electron chi connectivity index (χ0n) is 15.4. The second kappa shape index (κ2) is 8.41. The summed E-state index contributed by atoms with van der Waals surface area (Å²) in [7, 11) is 0. The Hall–Kier alpha value is -1.97. The molecule has 0 spiro atoms. The zero-order valence-corrected chi connectivity index (χ0v) is 15.4. The first-order valence-corrected chi connectivity index (χ1v) is 9.16. The number of Topliss-reactive ketones (excluding diaryl/α,β-unsaturated/α-hetero) is 1. The number of piperazine rings is 1. The molecule has 1 saturated heterocycles. The van der Waals surface area contributed by atoms with Crippen LogP contribution in [-0.2, 0) is 17.8 Å². The Morgan fingerprint density at radius 1 is 0.920 bits per heavy atom. The molecule has 3 nitrogen and oxygen atoms in total. The third kappa shape index (κ3) is 5.25. The van der Waals surface area contributed by atoms with Gasteiger partial charge in [-0.25, -0.2) is 0 Å². The first-order valence-electron chi connectivity index (χ1n) is 9.16. The highest BCUT2D eigenvalue weighted by molar-refractivity contribution is 5.83. The number of hydrogen-bond donors (Lipinski definition) is 0. The van der Waals surface area contributed by atoms with Crippen LogP contribution >= 0.6 is 0 Å². The lowest BCUT2D eigenvalue weighted by molar-refractivity contribution is -0.120. The fourth-order valence-electron chi connectivity index (χ4n) is 3.50. The van der Waals surface area contributed by atoms with Gasteiger partial charge in [0.05, 0.1) is 6.54 Å². The third-order valence-corrected chi connectivity index (χ3v) is 5.00. The van der Waals surface area contributed by atoms with Crippen LogP contribution in [0, 0.1) is 13.8 Å².